The van der Waals surface area contributed by atoms with Crippen LogP contribution < -0.4 is 20.1 Å². The predicted molar refractivity (Wildman–Crippen MR) is 197 cm³/mol. The third-order valence-electron chi connectivity index (χ3n) is 11.0. The molecule has 14 nitrogen and oxygen atoms in total. The number of allylic oxidation sites excluding steroid dienone is 1. The van der Waals surface area contributed by atoms with Crippen LogP contribution in [0.5, 0.6) is 5.88 Å². The smallest absolute Gasteiger partial charge is 0.263 e. The Hall–Kier alpha value is -4.51. The zero-order valence-electron chi connectivity index (χ0n) is 30.4. The fourth-order valence-corrected chi connectivity index (χ4v) is 9.25. The van der Waals surface area contributed by atoms with E-state index < -0.39 is 73.9 Å². The first-order valence-corrected chi connectivity index (χ1v) is 20.8. The van der Waals surface area contributed by atoms with Crippen molar-refractivity contribution in [2.24, 2.45) is 5.92 Å². The number of aromatic nitrogens is 3. The van der Waals surface area contributed by atoms with Crippen molar-refractivity contribution in [3.63, 3.8) is 0 Å². The lowest BCUT2D eigenvalue weighted by Crippen LogP contribution is -2.58. The molecule has 1 saturated heterocycles. The molecule has 2 aliphatic carbocycles. The fourth-order valence-electron chi connectivity index (χ4n) is 7.24. The first-order valence-electron chi connectivity index (χ1n) is 18.4. The summed E-state index contributed by atoms with van der Waals surface area (Å²) < 4.78 is 48.6. The zero-order chi connectivity index (χ0) is 38.4. The minimum atomic E-state index is -4.01. The molecule has 288 valence electrons. The quantitative estimate of drug-likeness (QED) is 0.285. The number of fused-ring (bicyclic) bond motifs is 3. The van der Waals surface area contributed by atoms with Crippen LogP contribution in [-0.2, 0) is 30.8 Å². The number of aryl methyl sites for hydroxylation is 2. The van der Waals surface area contributed by atoms with E-state index in [1.54, 1.807) is 31.5 Å². The van der Waals surface area contributed by atoms with Gasteiger partial charge in [-0.15, -0.1) is 11.3 Å². The average molecular weight is 782 g/mol. The van der Waals surface area contributed by atoms with Crippen LogP contribution in [0.2, 0.25) is 0 Å². The Bertz CT molecular complexity index is 2140. The molecule has 1 aromatic carbocycles. The molecule has 0 radical (unpaired) electrons. The molecule has 4 amide bonds. The van der Waals surface area contributed by atoms with Crippen LogP contribution >= 0.6 is 11.3 Å². The monoisotopic (exact) mass is 781 g/mol. The third-order valence-corrected chi connectivity index (χ3v) is 14.1. The average Bonchev–Trinajstić information content (AvgIpc) is 3.94. The van der Waals surface area contributed by atoms with Crippen LogP contribution in [0.1, 0.15) is 92.7 Å². The normalized spacial score (nSPS) is 27.4. The molecule has 7 rings (SSSR count). The third kappa shape index (κ3) is 7.31. The van der Waals surface area contributed by atoms with Gasteiger partial charge in [0.25, 0.3) is 11.8 Å². The predicted octanol–water partition coefficient (Wildman–Crippen LogP) is 3.64. The van der Waals surface area contributed by atoms with Gasteiger partial charge in [0, 0.05) is 12.3 Å². The Morgan fingerprint density at radius 3 is 2.69 bits per heavy atom. The molecular weight excluding hydrogens is 738 g/mol. The maximum Gasteiger partial charge on any atom is 0.263 e. The van der Waals surface area contributed by atoms with Crippen molar-refractivity contribution in [1.29, 1.82) is 0 Å². The van der Waals surface area contributed by atoms with E-state index in [0.717, 1.165) is 24.2 Å². The number of halogens is 1. The van der Waals surface area contributed by atoms with Crippen LogP contribution in [0.4, 0.5) is 4.39 Å². The molecule has 2 aliphatic heterocycles. The minimum absolute atomic E-state index is 0.0169. The summed E-state index contributed by atoms with van der Waals surface area (Å²) >= 11 is 1.16. The van der Waals surface area contributed by atoms with Gasteiger partial charge in [-0.3, -0.25) is 23.9 Å². The van der Waals surface area contributed by atoms with Gasteiger partial charge in [-0.05, 0) is 70.9 Å². The van der Waals surface area contributed by atoms with E-state index in [1.807, 2.05) is 19.1 Å². The van der Waals surface area contributed by atoms with Crippen molar-refractivity contribution < 1.29 is 36.7 Å². The first-order chi connectivity index (χ1) is 25.7. The minimum Gasteiger partial charge on any atom is -0.471 e. The van der Waals surface area contributed by atoms with Gasteiger partial charge in [0.05, 0.1) is 28.0 Å². The van der Waals surface area contributed by atoms with Crippen molar-refractivity contribution in [2.75, 3.05) is 6.54 Å². The van der Waals surface area contributed by atoms with E-state index in [4.69, 9.17) is 4.74 Å². The number of carbonyl (C=O) groups excluding carboxylic acids is 4. The van der Waals surface area contributed by atoms with Crippen LogP contribution in [0.25, 0.3) is 11.0 Å². The fraction of sp³-hybridized carbons (Fsp3) is 0.541. The zero-order valence-corrected chi connectivity index (χ0v) is 32.0. The molecule has 2 aromatic heterocycles. The van der Waals surface area contributed by atoms with E-state index >= 15 is 0 Å². The summed E-state index contributed by atoms with van der Waals surface area (Å²) in [5, 5.41) is 5.75. The van der Waals surface area contributed by atoms with Gasteiger partial charge in [0.15, 0.2) is 5.82 Å². The first kappa shape index (κ1) is 37.8. The maximum atomic E-state index is 14.8. The van der Waals surface area contributed by atoms with Crippen molar-refractivity contribution in [3.05, 3.63) is 57.9 Å². The number of ether oxygens (including phenoxy) is 1. The Kier molecular flexibility index (Phi) is 10.2. The Morgan fingerprint density at radius 2 is 1.96 bits per heavy atom. The van der Waals surface area contributed by atoms with Crippen LogP contribution in [-0.4, -0.2) is 86.9 Å². The van der Waals surface area contributed by atoms with Crippen molar-refractivity contribution in [2.45, 2.75) is 113 Å². The molecule has 54 heavy (non-hydrogen) atoms. The van der Waals surface area contributed by atoms with Gasteiger partial charge in [0.2, 0.25) is 27.7 Å². The van der Waals surface area contributed by atoms with E-state index in [1.165, 1.54) is 11.0 Å². The molecule has 5 atom stereocenters. The molecule has 2 saturated carbocycles. The van der Waals surface area contributed by atoms with Crippen LogP contribution in [0.15, 0.2) is 35.9 Å². The number of hydrogen-bond donors (Lipinski definition) is 3. The standard InChI is InChI=1S/C37H44FN7O7S2/c1-4-25-33(42-29-24(38)12-10-14-26(29)40-25)52-23-17-28-31(46)43-37(35(49)44-54(50,51)36(3)15-16-36)18-22(37)11-8-6-5-7-9-13-27(34(48)45(28)19-23)41-32(47)30-21(2)39-20-53-30/h8,10-12,14,20,22-23,27-28H,4-7,9,13,15-19H2,1-3H3,(H,41,47)(H,43,46)(H,44,49)/b11-8-/t22?,23-,27+,28+,37-/m1/s1. The lowest BCUT2D eigenvalue weighted by Gasteiger charge is -2.30. The largest absolute Gasteiger partial charge is 0.471 e. The summed E-state index contributed by atoms with van der Waals surface area (Å²) in [6.07, 6.45) is 7.52. The number of para-hydroxylation sites is 1. The summed E-state index contributed by atoms with van der Waals surface area (Å²) in [5.41, 5.74) is 1.37. The Balaban J connectivity index is 1.21. The number of nitrogens with one attached hydrogen (secondary N) is 3. The summed E-state index contributed by atoms with van der Waals surface area (Å²) in [5.74, 6) is -3.42. The van der Waals surface area contributed by atoms with Crippen molar-refractivity contribution >= 4 is 56.0 Å². The van der Waals surface area contributed by atoms with Crippen LogP contribution in [0, 0.1) is 18.7 Å². The summed E-state index contributed by atoms with van der Waals surface area (Å²) in [7, 11) is -4.01. The SMILES string of the molecule is CCc1nc2cccc(F)c2nc1O[C@@H]1C[C@H]2C(=O)N[C@]3(C(=O)NS(=O)(=O)C4(C)CC4)CC3/C=C\CCCCC[C@H](NC(=O)c3scnc3C)C(=O)N2C1. The second-order valence-corrected chi connectivity index (χ2v) is 18.0. The van der Waals surface area contributed by atoms with E-state index in [2.05, 4.69) is 30.3 Å². The molecule has 3 N–H and O–H groups in total. The number of thiazole rings is 1. The topological polar surface area (TPSA) is 190 Å². The second kappa shape index (κ2) is 14.6. The second-order valence-electron chi connectivity index (χ2n) is 14.9. The van der Waals surface area contributed by atoms with Crippen molar-refractivity contribution in [3.8, 4) is 5.88 Å². The number of nitrogens with zero attached hydrogens (tertiary/aromatic N) is 4. The summed E-state index contributed by atoms with van der Waals surface area (Å²) in [6, 6.07) is 2.30. The molecule has 0 spiro atoms. The molecule has 0 bridgehead atoms. The number of amides is 4. The molecular formula is C37H44FN7O7S2. The highest BCUT2D eigenvalue weighted by Crippen LogP contribution is 2.47. The summed E-state index contributed by atoms with van der Waals surface area (Å²) in [4.78, 5) is 71.1. The molecule has 1 unspecified atom stereocenters. The van der Waals surface area contributed by atoms with E-state index in [9.17, 15) is 32.0 Å². The number of hydrogen-bond acceptors (Lipinski definition) is 11. The van der Waals surface area contributed by atoms with Gasteiger partial charge in [-0.25, -0.2) is 27.8 Å². The van der Waals surface area contributed by atoms with E-state index in [0.29, 0.717) is 60.3 Å². The summed E-state index contributed by atoms with van der Waals surface area (Å²) in [6.45, 7) is 5.05. The van der Waals surface area contributed by atoms with Gasteiger partial charge in [-0.1, -0.05) is 38.0 Å². The molecule has 17 heteroatoms. The lowest BCUT2D eigenvalue weighted by atomic mass is 10.0. The van der Waals surface area contributed by atoms with E-state index in [-0.39, 0.29) is 30.8 Å². The number of benzene rings is 1. The van der Waals surface area contributed by atoms with Gasteiger partial charge < -0.3 is 20.3 Å². The highest BCUT2D eigenvalue weighted by molar-refractivity contribution is 7.91. The Labute approximate surface area is 316 Å². The highest BCUT2D eigenvalue weighted by Gasteiger charge is 2.63. The Morgan fingerprint density at radius 1 is 1.17 bits per heavy atom. The molecule has 4 heterocycles. The number of rotatable bonds is 8. The maximum absolute atomic E-state index is 14.8. The molecule has 3 aromatic rings. The lowest BCUT2D eigenvalue weighted by molar-refractivity contribution is -0.141. The highest BCUT2D eigenvalue weighted by atomic mass is 32.2. The van der Waals surface area contributed by atoms with Crippen LogP contribution in [0.3, 0.4) is 0 Å². The van der Waals surface area contributed by atoms with Gasteiger partial charge in [0.1, 0.15) is 39.8 Å². The molecule has 3 fully saturated rings. The van der Waals surface area contributed by atoms with Crippen molar-refractivity contribution in [1.82, 2.24) is 35.2 Å². The van der Waals surface area contributed by atoms with Gasteiger partial charge >= 0.3 is 0 Å². The number of sulfonamides is 1. The van der Waals surface area contributed by atoms with Gasteiger partial charge in [-0.2, -0.15) is 0 Å². The number of carbonyl (C=O) groups is 4. The molecule has 4 aliphatic rings.